The van der Waals surface area contributed by atoms with Crippen LogP contribution in [0, 0.1) is 6.92 Å². The molecule has 0 aliphatic carbocycles. The summed E-state index contributed by atoms with van der Waals surface area (Å²) in [6, 6.07) is 10.4. The highest BCUT2D eigenvalue weighted by molar-refractivity contribution is 5.83. The first-order chi connectivity index (χ1) is 15.2. The average Bonchev–Trinajstić information content (AvgIpc) is 3.04. The van der Waals surface area contributed by atoms with E-state index in [1.807, 2.05) is 44.2 Å². The molecule has 1 unspecified atom stereocenters. The molecule has 7 heteroatoms. The Labute approximate surface area is 183 Å². The molecule has 1 aromatic carbocycles. The summed E-state index contributed by atoms with van der Waals surface area (Å²) in [4.78, 5) is 16.1. The molecule has 1 aliphatic heterocycles. The lowest BCUT2D eigenvalue weighted by atomic mass is 10.1. The summed E-state index contributed by atoms with van der Waals surface area (Å²) in [6.07, 6.45) is 6.82. The van der Waals surface area contributed by atoms with E-state index in [4.69, 9.17) is 19.4 Å². The quantitative estimate of drug-likeness (QED) is 0.555. The van der Waals surface area contributed by atoms with Crippen molar-refractivity contribution in [1.82, 2.24) is 20.3 Å². The summed E-state index contributed by atoms with van der Waals surface area (Å²) in [5, 5.41) is 4.69. The van der Waals surface area contributed by atoms with Gasteiger partial charge in [-0.2, -0.15) is 0 Å². The molecule has 164 valence electrons. The molecule has 1 fully saturated rings. The molecule has 1 saturated heterocycles. The summed E-state index contributed by atoms with van der Waals surface area (Å²) >= 11 is 0. The zero-order valence-corrected chi connectivity index (χ0v) is 18.4. The van der Waals surface area contributed by atoms with Crippen molar-refractivity contribution >= 4 is 16.9 Å². The number of nitrogens with one attached hydrogen (secondary N) is 1. The monoisotopic (exact) mass is 421 g/mol. The largest absolute Gasteiger partial charge is 0.494 e. The first kappa shape index (κ1) is 21.3. The molecule has 1 aliphatic rings. The lowest BCUT2D eigenvalue weighted by molar-refractivity contribution is 0.300. The second kappa shape index (κ2) is 10.4. The number of benzene rings is 1. The molecule has 1 atom stereocenters. The summed E-state index contributed by atoms with van der Waals surface area (Å²) in [6.45, 7) is 8.09. The van der Waals surface area contributed by atoms with Crippen molar-refractivity contribution in [2.24, 2.45) is 0 Å². The molecule has 3 heterocycles. The SMILES string of the molecule is CCOc1ccc2nc(N3CCCC(NCCOc4cccnc4)CC3)nc(C)c2c1. The minimum absolute atomic E-state index is 0.484. The van der Waals surface area contributed by atoms with Gasteiger partial charge in [0.1, 0.15) is 18.1 Å². The molecule has 2 aromatic heterocycles. The van der Waals surface area contributed by atoms with Gasteiger partial charge in [0.05, 0.1) is 24.0 Å². The Hall–Kier alpha value is -2.93. The number of fused-ring (bicyclic) bond motifs is 1. The van der Waals surface area contributed by atoms with Crippen LogP contribution in [-0.4, -0.2) is 53.8 Å². The predicted molar refractivity (Wildman–Crippen MR) is 123 cm³/mol. The number of ether oxygens (including phenoxy) is 2. The Balaban J connectivity index is 1.32. The maximum atomic E-state index is 5.73. The zero-order chi connectivity index (χ0) is 21.5. The van der Waals surface area contributed by atoms with Gasteiger partial charge in [-0.05, 0) is 63.4 Å². The van der Waals surface area contributed by atoms with Gasteiger partial charge in [0, 0.05) is 37.3 Å². The minimum Gasteiger partial charge on any atom is -0.494 e. The second-order valence-corrected chi connectivity index (χ2v) is 7.83. The predicted octanol–water partition coefficient (Wildman–Crippen LogP) is 3.76. The maximum absolute atomic E-state index is 5.73. The zero-order valence-electron chi connectivity index (χ0n) is 18.4. The maximum Gasteiger partial charge on any atom is 0.226 e. The van der Waals surface area contributed by atoms with E-state index >= 15 is 0 Å². The van der Waals surface area contributed by atoms with Gasteiger partial charge in [0.2, 0.25) is 5.95 Å². The Morgan fingerprint density at radius 3 is 2.87 bits per heavy atom. The van der Waals surface area contributed by atoms with Crippen molar-refractivity contribution in [3.05, 3.63) is 48.4 Å². The Morgan fingerprint density at radius 1 is 1.10 bits per heavy atom. The first-order valence-electron chi connectivity index (χ1n) is 11.2. The molecule has 7 nitrogen and oxygen atoms in total. The molecular formula is C24H31N5O2. The van der Waals surface area contributed by atoms with Gasteiger partial charge in [-0.15, -0.1) is 0 Å². The number of hydrogen-bond acceptors (Lipinski definition) is 7. The summed E-state index contributed by atoms with van der Waals surface area (Å²) < 4.78 is 11.4. The third kappa shape index (κ3) is 5.61. The summed E-state index contributed by atoms with van der Waals surface area (Å²) in [5.74, 6) is 2.51. The molecule has 0 bridgehead atoms. The highest BCUT2D eigenvalue weighted by atomic mass is 16.5. The highest BCUT2D eigenvalue weighted by Gasteiger charge is 2.19. The van der Waals surface area contributed by atoms with E-state index in [2.05, 4.69) is 15.2 Å². The lowest BCUT2D eigenvalue weighted by Gasteiger charge is -2.22. The smallest absolute Gasteiger partial charge is 0.226 e. The molecule has 0 spiro atoms. The molecule has 0 saturated carbocycles. The fraction of sp³-hybridized carbons (Fsp3) is 0.458. The molecule has 3 aromatic rings. The van der Waals surface area contributed by atoms with E-state index in [1.54, 1.807) is 12.4 Å². The fourth-order valence-electron chi connectivity index (χ4n) is 4.01. The van der Waals surface area contributed by atoms with Gasteiger partial charge in [0.15, 0.2) is 0 Å². The van der Waals surface area contributed by atoms with E-state index < -0.39 is 0 Å². The number of hydrogen-bond donors (Lipinski definition) is 1. The standard InChI is InChI=1S/C24H31N5O2/c1-3-30-20-8-9-23-22(16-20)18(2)27-24(28-23)29-13-5-6-19(10-14-29)26-12-15-31-21-7-4-11-25-17-21/h4,7-9,11,16-17,19,26H,3,5-6,10,12-15H2,1-2H3. The molecule has 4 rings (SSSR count). The van der Waals surface area contributed by atoms with Gasteiger partial charge in [-0.1, -0.05) is 0 Å². The lowest BCUT2D eigenvalue weighted by Crippen LogP contribution is -2.34. The average molecular weight is 422 g/mol. The van der Waals surface area contributed by atoms with Gasteiger partial charge in [0.25, 0.3) is 0 Å². The van der Waals surface area contributed by atoms with Gasteiger partial charge in [-0.25, -0.2) is 9.97 Å². The van der Waals surface area contributed by atoms with E-state index in [9.17, 15) is 0 Å². The number of rotatable bonds is 8. The van der Waals surface area contributed by atoms with Crippen LogP contribution in [0.15, 0.2) is 42.7 Å². The Morgan fingerprint density at radius 2 is 2.03 bits per heavy atom. The van der Waals surface area contributed by atoms with Crippen molar-refractivity contribution < 1.29 is 9.47 Å². The number of aryl methyl sites for hydroxylation is 1. The minimum atomic E-state index is 0.484. The highest BCUT2D eigenvalue weighted by Crippen LogP contribution is 2.25. The van der Waals surface area contributed by atoms with Crippen LogP contribution in [0.2, 0.25) is 0 Å². The Kier molecular flexibility index (Phi) is 7.14. The summed E-state index contributed by atoms with van der Waals surface area (Å²) in [5.41, 5.74) is 1.96. The number of aromatic nitrogens is 3. The van der Waals surface area contributed by atoms with Crippen molar-refractivity contribution in [2.75, 3.05) is 37.7 Å². The third-order valence-electron chi connectivity index (χ3n) is 5.61. The third-order valence-corrected chi connectivity index (χ3v) is 5.61. The van der Waals surface area contributed by atoms with Gasteiger partial charge >= 0.3 is 0 Å². The van der Waals surface area contributed by atoms with Crippen LogP contribution in [-0.2, 0) is 0 Å². The molecule has 0 amide bonds. The summed E-state index contributed by atoms with van der Waals surface area (Å²) in [7, 11) is 0. The van der Waals surface area contributed by atoms with E-state index in [1.165, 1.54) is 0 Å². The topological polar surface area (TPSA) is 72.4 Å². The van der Waals surface area contributed by atoms with Crippen LogP contribution in [0.5, 0.6) is 11.5 Å². The van der Waals surface area contributed by atoms with Crippen molar-refractivity contribution in [3.8, 4) is 11.5 Å². The van der Waals surface area contributed by atoms with E-state index in [0.717, 1.165) is 72.9 Å². The van der Waals surface area contributed by atoms with Crippen LogP contribution in [0.3, 0.4) is 0 Å². The molecule has 0 radical (unpaired) electrons. The van der Waals surface area contributed by atoms with Crippen LogP contribution in [0.25, 0.3) is 10.9 Å². The van der Waals surface area contributed by atoms with E-state index in [-0.39, 0.29) is 0 Å². The Bertz CT molecular complexity index is 982. The number of nitrogens with zero attached hydrogens (tertiary/aromatic N) is 4. The van der Waals surface area contributed by atoms with E-state index in [0.29, 0.717) is 19.3 Å². The van der Waals surface area contributed by atoms with Crippen LogP contribution < -0.4 is 19.7 Å². The van der Waals surface area contributed by atoms with Crippen molar-refractivity contribution in [3.63, 3.8) is 0 Å². The molecule has 31 heavy (non-hydrogen) atoms. The fourth-order valence-corrected chi connectivity index (χ4v) is 4.01. The number of pyridine rings is 1. The van der Waals surface area contributed by atoms with Crippen LogP contribution in [0.1, 0.15) is 31.9 Å². The molecular weight excluding hydrogens is 390 g/mol. The number of anilines is 1. The molecule has 1 N–H and O–H groups in total. The second-order valence-electron chi connectivity index (χ2n) is 7.83. The van der Waals surface area contributed by atoms with Gasteiger partial charge in [-0.3, -0.25) is 4.98 Å². The van der Waals surface area contributed by atoms with Gasteiger partial charge < -0.3 is 19.7 Å². The van der Waals surface area contributed by atoms with Crippen LogP contribution in [0.4, 0.5) is 5.95 Å². The van der Waals surface area contributed by atoms with Crippen LogP contribution >= 0.6 is 0 Å². The normalized spacial score (nSPS) is 16.8. The first-order valence-corrected chi connectivity index (χ1v) is 11.2. The van der Waals surface area contributed by atoms with Crippen molar-refractivity contribution in [1.29, 1.82) is 0 Å². The van der Waals surface area contributed by atoms with Crippen molar-refractivity contribution in [2.45, 2.75) is 39.2 Å².